The van der Waals surface area contributed by atoms with Crippen LogP contribution in [0, 0.1) is 6.92 Å². The Morgan fingerprint density at radius 3 is 2.47 bits per heavy atom. The van der Waals surface area contributed by atoms with Crippen LogP contribution in [0.4, 0.5) is 5.69 Å². The third-order valence-corrected chi connectivity index (χ3v) is 6.27. The number of hydrogen-bond acceptors (Lipinski definition) is 4. The molecule has 1 aromatic heterocycles. The minimum atomic E-state index is -0.456. The standard InChI is InChI=1S/C22H32N4O3S/c1-6-8-14-25(7-2)19(27)15-30-17(4)21(28)23-20-16(3)24(5)26(22(20)29)18-12-10-9-11-13-18/h9-13,17H,6-8,14-15H2,1-5H3,(H,23,28). The Morgan fingerprint density at radius 2 is 1.87 bits per heavy atom. The Bertz CT molecular complexity index is 920. The Kier molecular flexibility index (Phi) is 8.77. The van der Waals surface area contributed by atoms with Gasteiger partial charge in [-0.2, -0.15) is 0 Å². The molecule has 1 atom stereocenters. The second kappa shape index (κ2) is 11.1. The number of para-hydroxylation sites is 1. The molecule has 0 aliphatic rings. The van der Waals surface area contributed by atoms with Crippen LogP contribution in [0.15, 0.2) is 35.1 Å². The summed E-state index contributed by atoms with van der Waals surface area (Å²) < 4.78 is 3.25. The van der Waals surface area contributed by atoms with E-state index in [4.69, 9.17) is 0 Å². The molecular formula is C22H32N4O3S. The van der Waals surface area contributed by atoms with E-state index in [0.717, 1.165) is 25.1 Å². The Balaban J connectivity index is 2.06. The van der Waals surface area contributed by atoms with Gasteiger partial charge in [0.1, 0.15) is 5.69 Å². The maximum Gasteiger partial charge on any atom is 0.295 e. The summed E-state index contributed by atoms with van der Waals surface area (Å²) in [6.45, 7) is 9.02. The van der Waals surface area contributed by atoms with Gasteiger partial charge >= 0.3 is 0 Å². The average Bonchev–Trinajstić information content (AvgIpc) is 2.96. The van der Waals surface area contributed by atoms with Gasteiger partial charge in [0.25, 0.3) is 5.56 Å². The molecule has 0 saturated carbocycles. The van der Waals surface area contributed by atoms with Crippen molar-refractivity contribution in [1.82, 2.24) is 14.3 Å². The minimum Gasteiger partial charge on any atom is -0.342 e. The second-order valence-electron chi connectivity index (χ2n) is 7.21. The third kappa shape index (κ3) is 5.56. The topological polar surface area (TPSA) is 76.3 Å². The molecule has 1 unspecified atom stereocenters. The first-order chi connectivity index (χ1) is 14.3. The number of nitrogens with one attached hydrogen (secondary N) is 1. The van der Waals surface area contributed by atoms with E-state index in [1.54, 1.807) is 25.6 Å². The van der Waals surface area contributed by atoms with Crippen molar-refractivity contribution in [2.24, 2.45) is 7.05 Å². The number of amides is 2. The number of rotatable bonds is 10. The van der Waals surface area contributed by atoms with Gasteiger partial charge in [0.15, 0.2) is 0 Å². The van der Waals surface area contributed by atoms with Crippen molar-refractivity contribution in [3.63, 3.8) is 0 Å². The van der Waals surface area contributed by atoms with E-state index in [1.165, 1.54) is 16.4 Å². The zero-order valence-corrected chi connectivity index (χ0v) is 19.3. The summed E-state index contributed by atoms with van der Waals surface area (Å²) in [5.41, 5.74) is 1.39. The molecule has 1 N–H and O–H groups in total. The Morgan fingerprint density at radius 1 is 1.20 bits per heavy atom. The van der Waals surface area contributed by atoms with Crippen LogP contribution < -0.4 is 10.9 Å². The number of carbonyl (C=O) groups excluding carboxylic acids is 2. The quantitative estimate of drug-likeness (QED) is 0.626. The highest BCUT2D eigenvalue weighted by molar-refractivity contribution is 8.01. The number of benzene rings is 1. The molecule has 2 aromatic rings. The van der Waals surface area contributed by atoms with E-state index in [2.05, 4.69) is 12.2 Å². The van der Waals surface area contributed by atoms with Crippen LogP contribution in [0.5, 0.6) is 0 Å². The fraction of sp³-hybridized carbons (Fsp3) is 0.500. The molecule has 2 rings (SSSR count). The normalized spacial score (nSPS) is 11.9. The van der Waals surface area contributed by atoms with Crippen molar-refractivity contribution in [1.29, 1.82) is 0 Å². The van der Waals surface area contributed by atoms with Gasteiger partial charge in [-0.05, 0) is 39.3 Å². The molecule has 0 aliphatic heterocycles. The van der Waals surface area contributed by atoms with Gasteiger partial charge in [0.2, 0.25) is 11.8 Å². The summed E-state index contributed by atoms with van der Waals surface area (Å²) in [6, 6.07) is 9.29. The van der Waals surface area contributed by atoms with E-state index in [9.17, 15) is 14.4 Å². The van der Waals surface area contributed by atoms with Crippen molar-refractivity contribution < 1.29 is 9.59 Å². The summed E-state index contributed by atoms with van der Waals surface area (Å²) in [5.74, 6) is 0.00193. The van der Waals surface area contributed by atoms with Gasteiger partial charge in [-0.15, -0.1) is 11.8 Å². The highest BCUT2D eigenvalue weighted by atomic mass is 32.2. The van der Waals surface area contributed by atoms with Crippen LogP contribution in [0.25, 0.3) is 5.69 Å². The van der Waals surface area contributed by atoms with Crippen molar-refractivity contribution >= 4 is 29.3 Å². The van der Waals surface area contributed by atoms with Crippen LogP contribution >= 0.6 is 11.8 Å². The number of nitrogens with zero attached hydrogens (tertiary/aromatic N) is 3. The molecule has 0 fully saturated rings. The molecule has 8 heteroatoms. The second-order valence-corrected chi connectivity index (χ2v) is 8.54. The number of thioether (sulfide) groups is 1. The van der Waals surface area contributed by atoms with Crippen LogP contribution in [0.3, 0.4) is 0 Å². The maximum absolute atomic E-state index is 12.9. The smallest absolute Gasteiger partial charge is 0.295 e. The molecule has 2 amide bonds. The number of aromatic nitrogens is 2. The number of carbonyl (C=O) groups is 2. The van der Waals surface area contributed by atoms with Gasteiger partial charge in [-0.25, -0.2) is 4.68 Å². The predicted octanol–water partition coefficient (Wildman–Crippen LogP) is 3.19. The van der Waals surface area contributed by atoms with E-state index < -0.39 is 5.25 Å². The first-order valence-electron chi connectivity index (χ1n) is 10.4. The summed E-state index contributed by atoms with van der Waals surface area (Å²) in [4.78, 5) is 39.8. The molecule has 7 nitrogen and oxygen atoms in total. The monoisotopic (exact) mass is 432 g/mol. The average molecular weight is 433 g/mol. The van der Waals surface area contributed by atoms with Gasteiger partial charge in [-0.1, -0.05) is 31.5 Å². The molecule has 164 valence electrons. The highest BCUT2D eigenvalue weighted by Gasteiger charge is 2.22. The van der Waals surface area contributed by atoms with E-state index >= 15 is 0 Å². The van der Waals surface area contributed by atoms with Gasteiger partial charge in [0, 0.05) is 20.1 Å². The molecule has 1 heterocycles. The lowest BCUT2D eigenvalue weighted by Gasteiger charge is -2.21. The molecule has 0 spiro atoms. The molecule has 0 saturated heterocycles. The zero-order chi connectivity index (χ0) is 22.3. The number of hydrogen-bond donors (Lipinski definition) is 1. The summed E-state index contributed by atoms with van der Waals surface area (Å²) in [6.07, 6.45) is 2.01. The largest absolute Gasteiger partial charge is 0.342 e. The van der Waals surface area contributed by atoms with E-state index in [1.807, 2.05) is 42.2 Å². The Hall–Kier alpha value is -2.48. The zero-order valence-electron chi connectivity index (χ0n) is 18.5. The van der Waals surface area contributed by atoms with Crippen LogP contribution in [0.2, 0.25) is 0 Å². The van der Waals surface area contributed by atoms with Crippen LogP contribution in [-0.2, 0) is 16.6 Å². The SMILES string of the molecule is CCCCN(CC)C(=O)CSC(C)C(=O)Nc1c(C)n(C)n(-c2ccccc2)c1=O. The number of unbranched alkanes of at least 4 members (excludes halogenated alkanes) is 1. The molecular weight excluding hydrogens is 400 g/mol. The third-order valence-electron chi connectivity index (χ3n) is 5.14. The van der Waals surface area contributed by atoms with E-state index in [-0.39, 0.29) is 28.8 Å². The van der Waals surface area contributed by atoms with Crippen molar-refractivity contribution in [3.05, 3.63) is 46.4 Å². The first-order valence-corrected chi connectivity index (χ1v) is 11.4. The van der Waals surface area contributed by atoms with Gasteiger partial charge < -0.3 is 10.2 Å². The molecule has 30 heavy (non-hydrogen) atoms. The van der Waals surface area contributed by atoms with Gasteiger partial charge in [0.05, 0.1) is 22.4 Å². The van der Waals surface area contributed by atoms with Crippen LogP contribution in [0.1, 0.15) is 39.3 Å². The first kappa shape index (κ1) is 23.8. The lowest BCUT2D eigenvalue weighted by molar-refractivity contribution is -0.128. The lowest BCUT2D eigenvalue weighted by Crippen LogP contribution is -2.34. The molecule has 0 bridgehead atoms. The lowest BCUT2D eigenvalue weighted by atomic mass is 10.3. The van der Waals surface area contributed by atoms with Crippen molar-refractivity contribution in [3.8, 4) is 5.69 Å². The van der Waals surface area contributed by atoms with Crippen LogP contribution in [-0.4, -0.2) is 50.2 Å². The number of anilines is 1. The summed E-state index contributed by atoms with van der Waals surface area (Å²) in [5, 5.41) is 2.32. The highest BCUT2D eigenvalue weighted by Crippen LogP contribution is 2.17. The molecule has 0 aliphatic carbocycles. The minimum absolute atomic E-state index is 0.0397. The van der Waals surface area contributed by atoms with Gasteiger partial charge in [-0.3, -0.25) is 19.1 Å². The van der Waals surface area contributed by atoms with Crippen molar-refractivity contribution in [2.75, 3.05) is 24.2 Å². The van der Waals surface area contributed by atoms with E-state index in [0.29, 0.717) is 12.2 Å². The fourth-order valence-electron chi connectivity index (χ4n) is 3.11. The Labute approximate surface area is 182 Å². The summed E-state index contributed by atoms with van der Waals surface area (Å²) in [7, 11) is 1.78. The summed E-state index contributed by atoms with van der Waals surface area (Å²) >= 11 is 1.29. The van der Waals surface area contributed by atoms with Crippen molar-refractivity contribution in [2.45, 2.75) is 45.8 Å². The molecule has 1 aromatic carbocycles. The fourth-order valence-corrected chi connectivity index (χ4v) is 3.89. The predicted molar refractivity (Wildman–Crippen MR) is 123 cm³/mol. The molecule has 0 radical (unpaired) electrons. The maximum atomic E-state index is 12.9.